The van der Waals surface area contributed by atoms with Gasteiger partial charge >= 0.3 is 0 Å². The fraction of sp³-hybridized carbons (Fsp3) is 0.733. The van der Waals surface area contributed by atoms with E-state index in [2.05, 4.69) is 48.1 Å². The molecule has 0 aliphatic heterocycles. The molecule has 0 bridgehead atoms. The monoisotopic (exact) mass is 266 g/mol. The van der Waals surface area contributed by atoms with Crippen molar-refractivity contribution in [2.24, 2.45) is 11.8 Å². The van der Waals surface area contributed by atoms with Crippen LogP contribution in [0.2, 0.25) is 0 Å². The molecular formula is C15H26N2S. The van der Waals surface area contributed by atoms with Gasteiger partial charge < -0.3 is 10.2 Å². The second-order valence-electron chi connectivity index (χ2n) is 5.90. The topological polar surface area (TPSA) is 15.3 Å². The molecule has 3 heteroatoms. The van der Waals surface area contributed by atoms with Crippen LogP contribution in [0.4, 0.5) is 0 Å². The van der Waals surface area contributed by atoms with Crippen molar-refractivity contribution in [3.63, 3.8) is 0 Å². The van der Waals surface area contributed by atoms with Crippen molar-refractivity contribution in [1.29, 1.82) is 0 Å². The Labute approximate surface area is 115 Å². The molecule has 0 amide bonds. The fourth-order valence-electron chi connectivity index (χ4n) is 3.24. The summed E-state index contributed by atoms with van der Waals surface area (Å²) < 4.78 is 0. The maximum Gasteiger partial charge on any atom is 0.0239 e. The molecule has 102 valence electrons. The number of hydrogen-bond donors (Lipinski definition) is 1. The van der Waals surface area contributed by atoms with Crippen LogP contribution in [0.15, 0.2) is 16.8 Å². The molecule has 3 atom stereocenters. The van der Waals surface area contributed by atoms with Crippen LogP contribution in [0.25, 0.3) is 0 Å². The first kappa shape index (κ1) is 14.0. The lowest BCUT2D eigenvalue weighted by molar-refractivity contribution is 0.162. The fourth-order valence-corrected chi connectivity index (χ4v) is 3.90. The van der Waals surface area contributed by atoms with Gasteiger partial charge in [-0.15, -0.1) is 0 Å². The molecule has 1 saturated carbocycles. The Morgan fingerprint density at radius 2 is 2.28 bits per heavy atom. The van der Waals surface area contributed by atoms with Gasteiger partial charge in [-0.3, -0.25) is 0 Å². The number of nitrogens with one attached hydrogen (secondary N) is 1. The van der Waals surface area contributed by atoms with Gasteiger partial charge in [0.05, 0.1) is 0 Å². The third-order valence-electron chi connectivity index (χ3n) is 4.19. The van der Waals surface area contributed by atoms with Gasteiger partial charge in [0.1, 0.15) is 0 Å². The molecule has 1 aliphatic rings. The summed E-state index contributed by atoms with van der Waals surface area (Å²) in [7, 11) is 4.37. The van der Waals surface area contributed by atoms with Crippen molar-refractivity contribution < 1.29 is 0 Å². The summed E-state index contributed by atoms with van der Waals surface area (Å²) in [6.07, 6.45) is 4.10. The highest BCUT2D eigenvalue weighted by Gasteiger charge is 2.28. The molecule has 3 unspecified atom stereocenters. The number of thiophene rings is 1. The number of nitrogens with zero attached hydrogens (tertiary/aromatic N) is 1. The number of hydrogen-bond acceptors (Lipinski definition) is 3. The Morgan fingerprint density at radius 1 is 1.44 bits per heavy atom. The zero-order valence-corrected chi connectivity index (χ0v) is 12.7. The van der Waals surface area contributed by atoms with Crippen molar-refractivity contribution in [2.45, 2.75) is 38.8 Å². The standard InChI is InChI=1S/C15H26N2S/c1-12-4-5-15(16-2)14(8-12)10-17(3)9-13-6-7-18-11-13/h6-7,11-12,14-16H,4-5,8-10H2,1-3H3. The van der Waals surface area contributed by atoms with E-state index in [0.29, 0.717) is 6.04 Å². The molecule has 0 saturated heterocycles. The van der Waals surface area contributed by atoms with Gasteiger partial charge in [0, 0.05) is 19.1 Å². The smallest absolute Gasteiger partial charge is 0.0239 e. The molecule has 1 aromatic heterocycles. The molecule has 1 aliphatic carbocycles. The molecule has 1 fully saturated rings. The van der Waals surface area contributed by atoms with E-state index in [1.807, 2.05) is 0 Å². The third-order valence-corrected chi connectivity index (χ3v) is 4.93. The van der Waals surface area contributed by atoms with Crippen LogP contribution in [0, 0.1) is 11.8 Å². The summed E-state index contributed by atoms with van der Waals surface area (Å²) in [4.78, 5) is 2.48. The minimum Gasteiger partial charge on any atom is -0.317 e. The largest absolute Gasteiger partial charge is 0.317 e. The van der Waals surface area contributed by atoms with E-state index in [-0.39, 0.29) is 0 Å². The van der Waals surface area contributed by atoms with E-state index in [9.17, 15) is 0 Å². The van der Waals surface area contributed by atoms with Gasteiger partial charge in [0.15, 0.2) is 0 Å². The zero-order chi connectivity index (χ0) is 13.0. The first-order valence-corrected chi connectivity index (χ1v) is 8.00. The van der Waals surface area contributed by atoms with Gasteiger partial charge in [-0.05, 0) is 67.6 Å². The van der Waals surface area contributed by atoms with E-state index >= 15 is 0 Å². The van der Waals surface area contributed by atoms with Gasteiger partial charge in [-0.2, -0.15) is 11.3 Å². The first-order chi connectivity index (χ1) is 8.69. The van der Waals surface area contributed by atoms with Crippen LogP contribution >= 0.6 is 11.3 Å². The van der Waals surface area contributed by atoms with Gasteiger partial charge in [-0.1, -0.05) is 6.92 Å². The predicted molar refractivity (Wildman–Crippen MR) is 80.0 cm³/mol. The highest BCUT2D eigenvalue weighted by Crippen LogP contribution is 2.29. The molecule has 0 aromatic carbocycles. The number of rotatable bonds is 5. The summed E-state index contributed by atoms with van der Waals surface area (Å²) in [5.74, 6) is 1.71. The first-order valence-electron chi connectivity index (χ1n) is 7.06. The molecule has 1 heterocycles. The van der Waals surface area contributed by atoms with Crippen molar-refractivity contribution in [3.05, 3.63) is 22.4 Å². The third kappa shape index (κ3) is 3.81. The van der Waals surface area contributed by atoms with E-state index in [0.717, 1.165) is 18.4 Å². The van der Waals surface area contributed by atoms with E-state index in [1.54, 1.807) is 11.3 Å². The van der Waals surface area contributed by atoms with Crippen LogP contribution < -0.4 is 5.32 Å². The molecular weight excluding hydrogens is 240 g/mol. The minimum atomic E-state index is 0.714. The van der Waals surface area contributed by atoms with Crippen LogP contribution in [-0.2, 0) is 6.54 Å². The van der Waals surface area contributed by atoms with Gasteiger partial charge in [0.2, 0.25) is 0 Å². The summed E-state index contributed by atoms with van der Waals surface area (Å²) in [5.41, 5.74) is 1.45. The molecule has 0 spiro atoms. The Morgan fingerprint density at radius 3 is 2.94 bits per heavy atom. The SMILES string of the molecule is CNC1CCC(C)CC1CN(C)Cc1ccsc1. The van der Waals surface area contributed by atoms with Gasteiger partial charge in [-0.25, -0.2) is 0 Å². The zero-order valence-electron chi connectivity index (χ0n) is 11.9. The second kappa shape index (κ2) is 6.69. The molecule has 1 N–H and O–H groups in total. The maximum atomic E-state index is 3.51. The molecule has 0 radical (unpaired) electrons. The van der Waals surface area contributed by atoms with Crippen LogP contribution in [0.1, 0.15) is 31.7 Å². The van der Waals surface area contributed by atoms with E-state index in [1.165, 1.54) is 31.4 Å². The van der Waals surface area contributed by atoms with Crippen molar-refractivity contribution in [2.75, 3.05) is 20.6 Å². The molecule has 18 heavy (non-hydrogen) atoms. The normalized spacial score (nSPS) is 28.8. The van der Waals surface area contributed by atoms with Gasteiger partial charge in [0.25, 0.3) is 0 Å². The molecule has 1 aromatic rings. The van der Waals surface area contributed by atoms with Crippen LogP contribution in [0.5, 0.6) is 0 Å². The quantitative estimate of drug-likeness (QED) is 0.880. The average molecular weight is 266 g/mol. The highest BCUT2D eigenvalue weighted by molar-refractivity contribution is 7.07. The Hall–Kier alpha value is -0.380. The minimum absolute atomic E-state index is 0.714. The lowest BCUT2D eigenvalue weighted by Crippen LogP contribution is -2.43. The molecule has 2 rings (SSSR count). The summed E-state index contributed by atoms with van der Waals surface area (Å²) in [6, 6.07) is 2.95. The Balaban J connectivity index is 1.86. The van der Waals surface area contributed by atoms with Crippen molar-refractivity contribution in [3.8, 4) is 0 Å². The van der Waals surface area contributed by atoms with Crippen LogP contribution in [-0.4, -0.2) is 31.6 Å². The predicted octanol–water partition coefficient (Wildman–Crippen LogP) is 3.20. The lowest BCUT2D eigenvalue weighted by Gasteiger charge is -2.37. The van der Waals surface area contributed by atoms with Crippen LogP contribution in [0.3, 0.4) is 0 Å². The Kier molecular flexibility index (Phi) is 5.22. The highest BCUT2D eigenvalue weighted by atomic mass is 32.1. The summed E-state index contributed by atoms with van der Waals surface area (Å²) in [5, 5.41) is 7.94. The summed E-state index contributed by atoms with van der Waals surface area (Å²) in [6.45, 7) is 4.70. The lowest BCUT2D eigenvalue weighted by atomic mass is 9.78. The molecule has 2 nitrogen and oxygen atoms in total. The van der Waals surface area contributed by atoms with Crippen molar-refractivity contribution in [1.82, 2.24) is 10.2 Å². The van der Waals surface area contributed by atoms with E-state index in [4.69, 9.17) is 0 Å². The van der Waals surface area contributed by atoms with E-state index < -0.39 is 0 Å². The average Bonchev–Trinajstić information content (AvgIpc) is 2.82. The Bertz CT molecular complexity index is 336. The van der Waals surface area contributed by atoms with Crippen molar-refractivity contribution >= 4 is 11.3 Å². The summed E-state index contributed by atoms with van der Waals surface area (Å²) >= 11 is 1.79. The maximum absolute atomic E-state index is 3.51. The second-order valence-corrected chi connectivity index (χ2v) is 6.68.